The molecular formula is C7H16O2S. The second kappa shape index (κ2) is 4.72. The Morgan fingerprint density at radius 2 is 1.70 bits per heavy atom. The quantitative estimate of drug-likeness (QED) is 0.578. The molecule has 10 heavy (non-hydrogen) atoms. The molecule has 0 bridgehead atoms. The lowest BCUT2D eigenvalue weighted by atomic mass is 10.3. The molecule has 0 aromatic heterocycles. The maximum absolute atomic E-state index is 10.9. The highest BCUT2D eigenvalue weighted by atomic mass is 32.2. The molecule has 2 nitrogen and oxygen atoms in total. The molecule has 0 radical (unpaired) electrons. The van der Waals surface area contributed by atoms with Gasteiger partial charge in [-0.3, -0.25) is 0 Å². The minimum Gasteiger partial charge on any atom is -0.229 e. The van der Waals surface area contributed by atoms with Gasteiger partial charge >= 0.3 is 0 Å². The number of hydrogen-bond donors (Lipinski definition) is 0. The third-order valence-electron chi connectivity index (χ3n) is 1.50. The van der Waals surface area contributed by atoms with Gasteiger partial charge in [0.15, 0.2) is 0 Å². The molecule has 0 rings (SSSR count). The number of hydrogen-bond acceptors (Lipinski definition) is 2. The van der Waals surface area contributed by atoms with E-state index in [4.69, 9.17) is 0 Å². The molecular weight excluding hydrogens is 148 g/mol. The zero-order chi connectivity index (χ0) is 8.04. The number of rotatable bonds is 5. The van der Waals surface area contributed by atoms with Gasteiger partial charge in [0.1, 0.15) is 9.84 Å². The van der Waals surface area contributed by atoms with Crippen LogP contribution in [-0.2, 0) is 9.84 Å². The highest BCUT2D eigenvalue weighted by molar-refractivity contribution is 7.91. The van der Waals surface area contributed by atoms with Gasteiger partial charge in [0.05, 0.1) is 5.75 Å². The highest BCUT2D eigenvalue weighted by Gasteiger charge is 2.04. The summed E-state index contributed by atoms with van der Waals surface area (Å²) in [5.74, 6) is 0.661. The van der Waals surface area contributed by atoms with Gasteiger partial charge in [0.25, 0.3) is 0 Å². The van der Waals surface area contributed by atoms with E-state index in [2.05, 4.69) is 6.92 Å². The lowest BCUT2D eigenvalue weighted by Gasteiger charge is -1.98. The van der Waals surface area contributed by atoms with E-state index in [1.54, 1.807) is 6.92 Å². The van der Waals surface area contributed by atoms with Gasteiger partial charge in [-0.25, -0.2) is 8.42 Å². The Hall–Kier alpha value is -0.0500. The summed E-state index contributed by atoms with van der Waals surface area (Å²) in [6.45, 7) is 3.76. The summed E-state index contributed by atoms with van der Waals surface area (Å²) >= 11 is 0. The van der Waals surface area contributed by atoms with Crippen molar-refractivity contribution in [2.24, 2.45) is 0 Å². The van der Waals surface area contributed by atoms with Gasteiger partial charge in [0.2, 0.25) is 0 Å². The minimum absolute atomic E-state index is 0.288. The molecule has 0 unspecified atom stereocenters. The van der Waals surface area contributed by atoms with Crippen molar-refractivity contribution in [2.45, 2.75) is 33.1 Å². The molecule has 0 spiro atoms. The molecule has 0 aromatic carbocycles. The number of sulfone groups is 1. The van der Waals surface area contributed by atoms with Crippen molar-refractivity contribution in [1.29, 1.82) is 0 Å². The summed E-state index contributed by atoms with van der Waals surface area (Å²) in [6, 6.07) is 0. The smallest absolute Gasteiger partial charge is 0.150 e. The fourth-order valence-electron chi connectivity index (χ4n) is 0.716. The van der Waals surface area contributed by atoms with Gasteiger partial charge in [-0.05, 0) is 6.42 Å². The van der Waals surface area contributed by atoms with Crippen molar-refractivity contribution >= 4 is 9.84 Å². The van der Waals surface area contributed by atoms with E-state index >= 15 is 0 Å². The first-order valence-corrected chi connectivity index (χ1v) is 5.65. The second-order valence-corrected chi connectivity index (χ2v) is 4.92. The van der Waals surface area contributed by atoms with E-state index in [1.807, 2.05) is 0 Å². The molecule has 0 aromatic rings. The van der Waals surface area contributed by atoms with Crippen LogP contribution in [0.1, 0.15) is 33.1 Å². The van der Waals surface area contributed by atoms with Crippen LogP contribution in [0, 0.1) is 0 Å². The standard InChI is InChI=1S/C7H16O2S/c1-3-5-6-7-10(8,9)4-2/h3-7H2,1-2H3. The van der Waals surface area contributed by atoms with Gasteiger partial charge in [0, 0.05) is 5.75 Å². The summed E-state index contributed by atoms with van der Waals surface area (Å²) in [6.07, 6.45) is 2.94. The first-order valence-electron chi connectivity index (χ1n) is 3.82. The van der Waals surface area contributed by atoms with Crippen LogP contribution < -0.4 is 0 Å². The molecule has 0 amide bonds. The third kappa shape index (κ3) is 4.79. The fraction of sp³-hybridized carbons (Fsp3) is 1.00. The zero-order valence-corrected chi connectivity index (χ0v) is 7.58. The molecule has 0 N–H and O–H groups in total. The fourth-order valence-corrected chi connectivity index (χ4v) is 1.65. The Bertz CT molecular complexity index is 158. The van der Waals surface area contributed by atoms with E-state index in [-0.39, 0.29) is 5.75 Å². The van der Waals surface area contributed by atoms with E-state index < -0.39 is 9.84 Å². The minimum atomic E-state index is -2.69. The summed E-state index contributed by atoms with van der Waals surface area (Å²) in [4.78, 5) is 0. The predicted octanol–water partition coefficient (Wildman–Crippen LogP) is 1.61. The van der Waals surface area contributed by atoms with Gasteiger partial charge in [-0.1, -0.05) is 26.7 Å². The van der Waals surface area contributed by atoms with Gasteiger partial charge in [-0.15, -0.1) is 0 Å². The van der Waals surface area contributed by atoms with E-state index in [0.29, 0.717) is 5.75 Å². The second-order valence-electron chi connectivity index (χ2n) is 2.44. The van der Waals surface area contributed by atoms with Crippen molar-refractivity contribution in [3.8, 4) is 0 Å². The molecule has 0 aliphatic carbocycles. The highest BCUT2D eigenvalue weighted by Crippen LogP contribution is 1.99. The van der Waals surface area contributed by atoms with Crippen LogP contribution in [-0.4, -0.2) is 19.9 Å². The Labute approximate surface area is 63.6 Å². The zero-order valence-electron chi connectivity index (χ0n) is 6.76. The molecule has 0 heterocycles. The molecule has 0 atom stereocenters. The maximum atomic E-state index is 10.9. The largest absolute Gasteiger partial charge is 0.229 e. The molecule has 0 aliphatic rings. The summed E-state index contributed by atoms with van der Waals surface area (Å²) in [5.41, 5.74) is 0. The topological polar surface area (TPSA) is 34.1 Å². The van der Waals surface area contributed by atoms with Gasteiger partial charge < -0.3 is 0 Å². The van der Waals surface area contributed by atoms with Crippen LogP contribution in [0.25, 0.3) is 0 Å². The normalized spacial score (nSPS) is 11.8. The lowest BCUT2D eigenvalue weighted by molar-refractivity contribution is 0.592. The van der Waals surface area contributed by atoms with Crippen molar-refractivity contribution < 1.29 is 8.42 Å². The van der Waals surface area contributed by atoms with E-state index in [0.717, 1.165) is 19.3 Å². The summed E-state index contributed by atoms with van der Waals surface area (Å²) < 4.78 is 21.7. The van der Waals surface area contributed by atoms with Crippen molar-refractivity contribution in [1.82, 2.24) is 0 Å². The monoisotopic (exact) mass is 164 g/mol. The van der Waals surface area contributed by atoms with Crippen molar-refractivity contribution in [2.75, 3.05) is 11.5 Å². The molecule has 62 valence electrons. The summed E-state index contributed by atoms with van der Waals surface area (Å²) in [5, 5.41) is 0. The average molecular weight is 164 g/mol. The Kier molecular flexibility index (Phi) is 4.69. The third-order valence-corrected chi connectivity index (χ3v) is 3.29. The number of unbranched alkanes of at least 4 members (excludes halogenated alkanes) is 2. The summed E-state index contributed by atoms with van der Waals surface area (Å²) in [7, 11) is -2.69. The van der Waals surface area contributed by atoms with Crippen molar-refractivity contribution in [3.05, 3.63) is 0 Å². The first kappa shape index (κ1) is 9.95. The molecule has 3 heteroatoms. The lowest BCUT2D eigenvalue weighted by Crippen LogP contribution is -2.08. The Morgan fingerprint density at radius 3 is 2.10 bits per heavy atom. The van der Waals surface area contributed by atoms with Crippen molar-refractivity contribution in [3.63, 3.8) is 0 Å². The molecule has 0 fully saturated rings. The maximum Gasteiger partial charge on any atom is 0.150 e. The van der Waals surface area contributed by atoms with E-state index in [1.165, 1.54) is 0 Å². The average Bonchev–Trinajstić information content (AvgIpc) is 1.89. The van der Waals surface area contributed by atoms with E-state index in [9.17, 15) is 8.42 Å². The van der Waals surface area contributed by atoms with Crippen LogP contribution in [0.4, 0.5) is 0 Å². The van der Waals surface area contributed by atoms with Crippen LogP contribution in [0.3, 0.4) is 0 Å². The Balaban J connectivity index is 3.49. The Morgan fingerprint density at radius 1 is 1.10 bits per heavy atom. The van der Waals surface area contributed by atoms with Crippen LogP contribution >= 0.6 is 0 Å². The van der Waals surface area contributed by atoms with Crippen LogP contribution in [0.2, 0.25) is 0 Å². The predicted molar refractivity (Wildman–Crippen MR) is 43.9 cm³/mol. The molecule has 0 saturated carbocycles. The van der Waals surface area contributed by atoms with Crippen LogP contribution in [0.15, 0.2) is 0 Å². The first-order chi connectivity index (χ1) is 4.62. The SMILES string of the molecule is CCCCCS(=O)(=O)CC. The molecule has 0 aliphatic heterocycles. The van der Waals surface area contributed by atoms with Gasteiger partial charge in [-0.2, -0.15) is 0 Å². The molecule has 0 saturated heterocycles. The van der Waals surface area contributed by atoms with Crippen LogP contribution in [0.5, 0.6) is 0 Å².